The van der Waals surface area contributed by atoms with Gasteiger partial charge in [0.15, 0.2) is 0 Å². The van der Waals surface area contributed by atoms with Crippen LogP contribution in [0.4, 0.5) is 5.69 Å². The maximum Gasteiger partial charge on any atom is 0.262 e. The second kappa shape index (κ2) is 3.85. The Balaban J connectivity index is 2.28. The number of oxazole rings is 1. The van der Waals surface area contributed by atoms with Crippen molar-refractivity contribution >= 4 is 29.1 Å². The average Bonchev–Trinajstić information content (AvgIpc) is 2.64. The molecule has 0 aliphatic rings. The van der Waals surface area contributed by atoms with Crippen LogP contribution in [0.25, 0.3) is 0 Å². The molecule has 7 heteroatoms. The lowest BCUT2D eigenvalue weighted by Crippen LogP contribution is -1.94. The lowest BCUT2D eigenvalue weighted by atomic mass is 10.6. The average molecular weight is 229 g/mol. The summed E-state index contributed by atoms with van der Waals surface area (Å²) in [5, 5.41) is 1.15. The third-order valence-corrected chi connectivity index (χ3v) is 2.42. The van der Waals surface area contributed by atoms with Crippen molar-refractivity contribution in [3.63, 3.8) is 0 Å². The molecule has 0 aliphatic carbocycles. The Labute approximate surface area is 88.7 Å². The summed E-state index contributed by atoms with van der Waals surface area (Å²) in [6, 6.07) is 0. The van der Waals surface area contributed by atoms with Crippen molar-refractivity contribution < 1.29 is 4.42 Å². The van der Waals surface area contributed by atoms with Crippen LogP contribution in [-0.4, -0.2) is 15.0 Å². The Morgan fingerprint density at radius 2 is 2.29 bits per heavy atom. The third kappa shape index (κ3) is 1.97. The summed E-state index contributed by atoms with van der Waals surface area (Å²) in [5.41, 5.74) is 6.07. The number of hydrogen-bond donors (Lipinski definition) is 1. The summed E-state index contributed by atoms with van der Waals surface area (Å²) < 4.78 is 5.03. The predicted octanol–water partition coefficient (Wildman–Crippen LogP) is 1.85. The van der Waals surface area contributed by atoms with E-state index in [1.54, 1.807) is 6.20 Å². The zero-order chi connectivity index (χ0) is 9.97. The van der Waals surface area contributed by atoms with Gasteiger partial charge in [-0.2, -0.15) is 0 Å². The molecule has 2 rings (SSSR count). The maximum absolute atomic E-state index is 5.63. The summed E-state index contributed by atoms with van der Waals surface area (Å²) >= 11 is 6.81. The molecule has 5 nitrogen and oxygen atoms in total. The summed E-state index contributed by atoms with van der Waals surface area (Å²) in [6.45, 7) is 0. The molecule has 0 aromatic carbocycles. The van der Waals surface area contributed by atoms with Gasteiger partial charge in [-0.05, 0) is 23.4 Å². The topological polar surface area (TPSA) is 77.8 Å². The highest BCUT2D eigenvalue weighted by Gasteiger charge is 2.08. The van der Waals surface area contributed by atoms with Gasteiger partial charge in [0.05, 0.1) is 18.1 Å². The van der Waals surface area contributed by atoms with E-state index in [1.807, 2.05) is 0 Å². The van der Waals surface area contributed by atoms with E-state index >= 15 is 0 Å². The van der Waals surface area contributed by atoms with Crippen molar-refractivity contribution in [2.75, 3.05) is 5.73 Å². The first-order valence-corrected chi connectivity index (χ1v) is 4.80. The van der Waals surface area contributed by atoms with E-state index in [9.17, 15) is 0 Å². The number of aromatic nitrogens is 3. The molecular weight excluding hydrogens is 224 g/mol. The molecule has 0 unspecified atom stereocenters. The van der Waals surface area contributed by atoms with Crippen molar-refractivity contribution in [3.05, 3.63) is 23.9 Å². The second-order valence-electron chi connectivity index (χ2n) is 2.30. The number of rotatable bonds is 2. The van der Waals surface area contributed by atoms with Crippen molar-refractivity contribution in [1.82, 2.24) is 15.0 Å². The number of nitrogens with two attached hydrogens (primary N) is 1. The van der Waals surface area contributed by atoms with Crippen LogP contribution in [0.3, 0.4) is 0 Å². The van der Waals surface area contributed by atoms with Gasteiger partial charge in [0.2, 0.25) is 5.28 Å². The number of anilines is 1. The predicted molar refractivity (Wildman–Crippen MR) is 52.1 cm³/mol. The fourth-order valence-electron chi connectivity index (χ4n) is 0.780. The highest BCUT2D eigenvalue weighted by Crippen LogP contribution is 2.28. The minimum Gasteiger partial charge on any atom is -0.440 e. The molecule has 0 fully saturated rings. The second-order valence-corrected chi connectivity index (χ2v) is 3.58. The minimum atomic E-state index is 0.147. The SMILES string of the molecule is Nc1cnc(Cl)nc1Sc1ncco1. The first-order chi connectivity index (χ1) is 6.75. The maximum atomic E-state index is 5.63. The lowest BCUT2D eigenvalue weighted by Gasteiger charge is -1.99. The van der Waals surface area contributed by atoms with Crippen LogP contribution in [0.15, 0.2) is 33.3 Å². The Morgan fingerprint density at radius 3 is 3.00 bits per heavy atom. The van der Waals surface area contributed by atoms with Crippen LogP contribution in [0, 0.1) is 0 Å². The van der Waals surface area contributed by atoms with Gasteiger partial charge in [-0.25, -0.2) is 15.0 Å². The van der Waals surface area contributed by atoms with Crippen LogP contribution in [-0.2, 0) is 0 Å². The van der Waals surface area contributed by atoms with Gasteiger partial charge < -0.3 is 10.2 Å². The fourth-order valence-corrected chi connectivity index (χ4v) is 1.65. The van der Waals surface area contributed by atoms with Gasteiger partial charge in [-0.3, -0.25) is 0 Å². The molecule has 14 heavy (non-hydrogen) atoms. The van der Waals surface area contributed by atoms with E-state index in [0.717, 1.165) is 0 Å². The molecule has 0 radical (unpaired) electrons. The Hall–Kier alpha value is -1.27. The molecule has 0 saturated carbocycles. The molecular formula is C7H5ClN4OS. The standard InChI is InChI=1S/C7H5ClN4OS/c8-6-11-3-4(9)5(12-6)14-7-10-1-2-13-7/h1-3H,9H2. The van der Waals surface area contributed by atoms with Crippen molar-refractivity contribution in [3.8, 4) is 0 Å². The zero-order valence-electron chi connectivity index (χ0n) is 6.85. The molecule has 72 valence electrons. The van der Waals surface area contributed by atoms with E-state index < -0.39 is 0 Å². The van der Waals surface area contributed by atoms with Gasteiger partial charge in [0.1, 0.15) is 11.3 Å². The molecule has 0 amide bonds. The first-order valence-electron chi connectivity index (χ1n) is 3.61. The number of nitrogen functional groups attached to an aromatic ring is 1. The smallest absolute Gasteiger partial charge is 0.262 e. The fraction of sp³-hybridized carbons (Fsp3) is 0. The van der Waals surface area contributed by atoms with E-state index in [-0.39, 0.29) is 5.28 Å². The largest absolute Gasteiger partial charge is 0.440 e. The van der Waals surface area contributed by atoms with E-state index in [2.05, 4.69) is 15.0 Å². The van der Waals surface area contributed by atoms with Gasteiger partial charge in [0, 0.05) is 0 Å². The summed E-state index contributed by atoms with van der Waals surface area (Å²) in [5.74, 6) is 0. The Kier molecular flexibility index (Phi) is 2.55. The van der Waals surface area contributed by atoms with E-state index in [0.29, 0.717) is 15.9 Å². The number of halogens is 1. The summed E-state index contributed by atoms with van der Waals surface area (Å²) in [7, 11) is 0. The van der Waals surface area contributed by atoms with Crippen LogP contribution in [0.2, 0.25) is 5.28 Å². The first kappa shape index (κ1) is 9.29. The van der Waals surface area contributed by atoms with Crippen molar-refractivity contribution in [2.45, 2.75) is 10.2 Å². The molecule has 2 heterocycles. The normalized spacial score (nSPS) is 10.4. The van der Waals surface area contributed by atoms with Gasteiger partial charge in [-0.1, -0.05) is 0 Å². The molecule has 0 aliphatic heterocycles. The summed E-state index contributed by atoms with van der Waals surface area (Å²) in [4.78, 5) is 11.6. The van der Waals surface area contributed by atoms with Crippen molar-refractivity contribution in [1.29, 1.82) is 0 Å². The highest BCUT2D eigenvalue weighted by atomic mass is 35.5. The molecule has 2 aromatic rings. The number of hydrogen-bond acceptors (Lipinski definition) is 6. The summed E-state index contributed by atoms with van der Waals surface area (Å²) in [6.07, 6.45) is 4.46. The molecule has 0 atom stereocenters. The van der Waals surface area contributed by atoms with Gasteiger partial charge in [-0.15, -0.1) is 0 Å². The number of nitrogens with zero attached hydrogens (tertiary/aromatic N) is 3. The van der Waals surface area contributed by atoms with Crippen molar-refractivity contribution in [2.24, 2.45) is 0 Å². The minimum absolute atomic E-state index is 0.147. The lowest BCUT2D eigenvalue weighted by molar-refractivity contribution is 0.454. The molecule has 0 spiro atoms. The van der Waals surface area contributed by atoms with Crippen LogP contribution in [0.1, 0.15) is 0 Å². The van der Waals surface area contributed by atoms with Gasteiger partial charge in [0.25, 0.3) is 5.22 Å². The van der Waals surface area contributed by atoms with Gasteiger partial charge >= 0.3 is 0 Å². The molecule has 2 N–H and O–H groups in total. The Morgan fingerprint density at radius 1 is 1.43 bits per heavy atom. The molecule has 0 bridgehead atoms. The zero-order valence-corrected chi connectivity index (χ0v) is 8.42. The molecule has 0 saturated heterocycles. The Bertz CT molecular complexity index is 433. The van der Waals surface area contributed by atoms with Crippen LogP contribution < -0.4 is 5.73 Å². The van der Waals surface area contributed by atoms with Crippen LogP contribution in [0.5, 0.6) is 0 Å². The van der Waals surface area contributed by atoms with Crippen LogP contribution >= 0.6 is 23.4 Å². The quantitative estimate of drug-likeness (QED) is 0.624. The van der Waals surface area contributed by atoms with E-state index in [1.165, 1.54) is 24.2 Å². The highest BCUT2D eigenvalue weighted by molar-refractivity contribution is 7.99. The monoisotopic (exact) mass is 228 g/mol. The third-order valence-electron chi connectivity index (χ3n) is 1.34. The van der Waals surface area contributed by atoms with E-state index in [4.69, 9.17) is 21.8 Å². The molecule has 2 aromatic heterocycles.